The minimum absolute atomic E-state index is 0.0794. The van der Waals surface area contributed by atoms with E-state index < -0.39 is 33.2 Å². The Labute approximate surface area is 185 Å². The summed E-state index contributed by atoms with van der Waals surface area (Å²) in [6.07, 6.45) is -4.93. The molecule has 1 fully saturated rings. The maximum absolute atomic E-state index is 13.6. The Kier molecular flexibility index (Phi) is 7.45. The maximum atomic E-state index is 13.6. The lowest BCUT2D eigenvalue weighted by atomic mass is 10.0. The van der Waals surface area contributed by atoms with Crippen molar-refractivity contribution in [2.75, 3.05) is 37.0 Å². The van der Waals surface area contributed by atoms with E-state index in [0.717, 1.165) is 11.6 Å². The molecule has 32 heavy (non-hydrogen) atoms. The molecule has 1 saturated heterocycles. The van der Waals surface area contributed by atoms with Gasteiger partial charge in [0, 0.05) is 31.7 Å². The fourth-order valence-electron chi connectivity index (χ4n) is 3.37. The Balaban J connectivity index is 1.63. The Morgan fingerprint density at radius 1 is 1.09 bits per heavy atom. The number of hydrogen-bond donors (Lipinski definition) is 1. The quantitative estimate of drug-likeness (QED) is 0.672. The third-order valence-electron chi connectivity index (χ3n) is 5.23. The maximum Gasteiger partial charge on any atom is 0.416 e. The number of nitrogens with one attached hydrogen (secondary N) is 1. The molecule has 1 aliphatic rings. The molecule has 0 atom stereocenters. The predicted octanol–water partition coefficient (Wildman–Crippen LogP) is 3.33. The van der Waals surface area contributed by atoms with Crippen molar-refractivity contribution in [1.82, 2.24) is 5.32 Å². The first-order valence-corrected chi connectivity index (χ1v) is 11.8. The highest BCUT2D eigenvalue weighted by molar-refractivity contribution is 7.91. The number of morpholine rings is 1. The second-order valence-corrected chi connectivity index (χ2v) is 9.71. The lowest BCUT2D eigenvalue weighted by Crippen LogP contribution is -2.36. The number of nitrogens with zero attached hydrogens (tertiary/aromatic N) is 1. The van der Waals surface area contributed by atoms with Crippen LogP contribution in [-0.4, -0.2) is 46.4 Å². The van der Waals surface area contributed by atoms with Crippen LogP contribution in [-0.2, 0) is 32.1 Å². The third-order valence-corrected chi connectivity index (χ3v) is 6.96. The summed E-state index contributed by atoms with van der Waals surface area (Å²) < 4.78 is 70.8. The monoisotopic (exact) mass is 470 g/mol. The van der Waals surface area contributed by atoms with Crippen LogP contribution < -0.4 is 10.2 Å². The molecule has 1 aliphatic heterocycles. The van der Waals surface area contributed by atoms with E-state index in [1.807, 2.05) is 11.8 Å². The molecular formula is C22H25F3N2O4S. The summed E-state index contributed by atoms with van der Waals surface area (Å²) in [5.41, 5.74) is 0.444. The highest BCUT2D eigenvalue weighted by atomic mass is 32.2. The molecule has 3 rings (SSSR count). The van der Waals surface area contributed by atoms with Gasteiger partial charge in [-0.15, -0.1) is 0 Å². The van der Waals surface area contributed by atoms with Crippen molar-refractivity contribution in [1.29, 1.82) is 0 Å². The van der Waals surface area contributed by atoms with Gasteiger partial charge in [0.15, 0.2) is 9.84 Å². The molecule has 2 aromatic carbocycles. The smallest absolute Gasteiger partial charge is 0.378 e. The Morgan fingerprint density at radius 2 is 1.75 bits per heavy atom. The molecule has 0 radical (unpaired) electrons. The lowest BCUT2D eigenvalue weighted by molar-refractivity contribution is -0.138. The number of ether oxygens (including phenoxy) is 1. The number of carbonyl (C=O) groups excluding carboxylic acids is 1. The van der Waals surface area contributed by atoms with Crippen LogP contribution in [0.25, 0.3) is 0 Å². The first kappa shape index (κ1) is 24.1. The van der Waals surface area contributed by atoms with Crippen molar-refractivity contribution in [3.63, 3.8) is 0 Å². The van der Waals surface area contributed by atoms with E-state index in [0.29, 0.717) is 32.0 Å². The van der Waals surface area contributed by atoms with Crippen LogP contribution in [0.5, 0.6) is 0 Å². The van der Waals surface area contributed by atoms with Gasteiger partial charge in [-0.2, -0.15) is 13.2 Å². The topological polar surface area (TPSA) is 75.7 Å². The molecule has 174 valence electrons. The molecule has 1 N–H and O–H groups in total. The highest BCUT2D eigenvalue weighted by Gasteiger charge is 2.34. The van der Waals surface area contributed by atoms with Crippen LogP contribution in [0.3, 0.4) is 0 Å². The largest absolute Gasteiger partial charge is 0.416 e. The fraction of sp³-hybridized carbons (Fsp3) is 0.409. The van der Waals surface area contributed by atoms with E-state index in [1.165, 1.54) is 18.2 Å². The number of alkyl halides is 3. The first-order chi connectivity index (χ1) is 15.1. The molecular weight excluding hydrogens is 445 g/mol. The minimum atomic E-state index is -4.59. The van der Waals surface area contributed by atoms with Gasteiger partial charge in [-0.25, -0.2) is 8.42 Å². The highest BCUT2D eigenvalue weighted by Crippen LogP contribution is 2.35. The van der Waals surface area contributed by atoms with Gasteiger partial charge in [0.05, 0.1) is 29.4 Å². The number of sulfone groups is 1. The average Bonchev–Trinajstić information content (AvgIpc) is 2.76. The molecule has 0 spiro atoms. The molecule has 2 aromatic rings. The number of anilines is 1. The van der Waals surface area contributed by atoms with Gasteiger partial charge in [-0.3, -0.25) is 4.79 Å². The van der Waals surface area contributed by atoms with Gasteiger partial charge in [0.25, 0.3) is 0 Å². The molecule has 1 amide bonds. The molecule has 0 bridgehead atoms. The summed E-state index contributed by atoms with van der Waals surface area (Å²) in [6.45, 7) is 3.38. The number of amides is 1. The second kappa shape index (κ2) is 9.91. The summed E-state index contributed by atoms with van der Waals surface area (Å²) in [5, 5.41) is 2.41. The second-order valence-electron chi connectivity index (χ2n) is 7.60. The zero-order valence-electron chi connectivity index (χ0n) is 17.6. The zero-order chi connectivity index (χ0) is 23.4. The van der Waals surface area contributed by atoms with Gasteiger partial charge in [0.1, 0.15) is 0 Å². The zero-order valence-corrected chi connectivity index (χ0v) is 18.4. The molecule has 0 unspecified atom stereocenters. The molecule has 6 nitrogen and oxygen atoms in total. The standard InChI is InChI=1S/C22H25F3N2O4S/c1-16-2-6-19(7-3-16)32(29,30)13-8-21(28)26-15-17-4-5-18(14-20(17)22(23,24)25)27-9-11-31-12-10-27/h2-7,14H,8-13,15H2,1H3,(H,26,28). The van der Waals surface area contributed by atoms with Crippen molar-refractivity contribution in [2.45, 2.75) is 31.0 Å². The number of rotatable bonds is 7. The Bertz CT molecular complexity index is 1050. The SMILES string of the molecule is Cc1ccc(S(=O)(=O)CCC(=O)NCc2ccc(N3CCOCC3)cc2C(F)(F)F)cc1. The molecule has 0 aliphatic carbocycles. The van der Waals surface area contributed by atoms with Crippen molar-refractivity contribution >= 4 is 21.4 Å². The average molecular weight is 471 g/mol. The molecule has 0 saturated carbocycles. The van der Waals surface area contributed by atoms with Crippen molar-refractivity contribution in [3.8, 4) is 0 Å². The predicted molar refractivity (Wildman–Crippen MR) is 114 cm³/mol. The van der Waals surface area contributed by atoms with Crippen LogP contribution in [0.4, 0.5) is 18.9 Å². The number of carbonyl (C=O) groups is 1. The van der Waals surface area contributed by atoms with E-state index in [2.05, 4.69) is 5.32 Å². The summed E-state index contributed by atoms with van der Waals surface area (Å²) in [7, 11) is -3.66. The van der Waals surface area contributed by atoms with Crippen LogP contribution in [0.15, 0.2) is 47.4 Å². The summed E-state index contributed by atoms with van der Waals surface area (Å²) in [6, 6.07) is 10.3. The van der Waals surface area contributed by atoms with E-state index in [-0.39, 0.29) is 23.4 Å². The fourth-order valence-corrected chi connectivity index (χ4v) is 4.61. The van der Waals surface area contributed by atoms with Gasteiger partial charge in [0.2, 0.25) is 5.91 Å². The number of hydrogen-bond acceptors (Lipinski definition) is 5. The Morgan fingerprint density at radius 3 is 2.38 bits per heavy atom. The minimum Gasteiger partial charge on any atom is -0.378 e. The van der Waals surface area contributed by atoms with Crippen LogP contribution in [0, 0.1) is 6.92 Å². The normalized spacial score (nSPS) is 14.9. The number of aryl methyl sites for hydroxylation is 1. The van der Waals surface area contributed by atoms with Gasteiger partial charge >= 0.3 is 6.18 Å². The third kappa shape index (κ3) is 6.23. The Hall–Kier alpha value is -2.59. The van der Waals surface area contributed by atoms with Gasteiger partial charge in [-0.05, 0) is 36.8 Å². The van der Waals surface area contributed by atoms with E-state index in [4.69, 9.17) is 4.74 Å². The summed E-state index contributed by atoms with van der Waals surface area (Å²) in [5.74, 6) is -1.06. The van der Waals surface area contributed by atoms with Crippen LogP contribution in [0.1, 0.15) is 23.1 Å². The number of halogens is 3. The van der Waals surface area contributed by atoms with Crippen molar-refractivity contribution in [3.05, 3.63) is 59.2 Å². The van der Waals surface area contributed by atoms with Crippen molar-refractivity contribution in [2.24, 2.45) is 0 Å². The number of benzene rings is 2. The lowest BCUT2D eigenvalue weighted by Gasteiger charge is -2.29. The summed E-state index contributed by atoms with van der Waals surface area (Å²) >= 11 is 0. The summed E-state index contributed by atoms with van der Waals surface area (Å²) in [4.78, 5) is 14.1. The molecule has 0 aromatic heterocycles. The van der Waals surface area contributed by atoms with Gasteiger partial charge in [-0.1, -0.05) is 23.8 Å². The van der Waals surface area contributed by atoms with E-state index in [9.17, 15) is 26.4 Å². The van der Waals surface area contributed by atoms with Crippen molar-refractivity contribution < 1.29 is 31.1 Å². The molecule has 1 heterocycles. The van der Waals surface area contributed by atoms with E-state index >= 15 is 0 Å². The van der Waals surface area contributed by atoms with Crippen LogP contribution in [0.2, 0.25) is 0 Å². The van der Waals surface area contributed by atoms with E-state index in [1.54, 1.807) is 18.2 Å². The van der Waals surface area contributed by atoms with Gasteiger partial charge < -0.3 is 15.0 Å². The first-order valence-electron chi connectivity index (χ1n) is 10.2. The van der Waals surface area contributed by atoms with Crippen LogP contribution >= 0.6 is 0 Å². The molecule has 10 heteroatoms.